The van der Waals surface area contributed by atoms with Crippen LogP contribution in [-0.4, -0.2) is 45.4 Å². The first kappa shape index (κ1) is 20.1. The van der Waals surface area contributed by atoms with Crippen molar-refractivity contribution >= 4 is 22.6 Å². The Bertz CT molecular complexity index is 1210. The molecule has 1 aliphatic rings. The zero-order valence-electron chi connectivity index (χ0n) is 17.8. The van der Waals surface area contributed by atoms with Crippen LogP contribution in [0.15, 0.2) is 79.1 Å². The van der Waals surface area contributed by atoms with Crippen molar-refractivity contribution in [3.8, 4) is 11.4 Å². The molecule has 0 saturated carbocycles. The van der Waals surface area contributed by atoms with Crippen molar-refractivity contribution in [2.75, 3.05) is 25.0 Å². The first-order valence-electron chi connectivity index (χ1n) is 11.0. The Morgan fingerprint density at radius 2 is 1.81 bits per heavy atom. The van der Waals surface area contributed by atoms with Gasteiger partial charge in [-0.2, -0.15) is 0 Å². The quantitative estimate of drug-likeness (QED) is 0.483. The number of fused-ring (bicyclic) bond motifs is 1. The number of carbonyl (C=O) groups is 1. The van der Waals surface area contributed by atoms with E-state index in [2.05, 4.69) is 22.4 Å². The fraction of sp³-hybridized carbons (Fsp3) is 0.231. The van der Waals surface area contributed by atoms with E-state index in [4.69, 9.17) is 9.97 Å². The van der Waals surface area contributed by atoms with Gasteiger partial charge in [-0.1, -0.05) is 42.5 Å². The summed E-state index contributed by atoms with van der Waals surface area (Å²) in [6.07, 6.45) is 4.97. The van der Waals surface area contributed by atoms with E-state index < -0.39 is 0 Å². The highest BCUT2D eigenvalue weighted by Crippen LogP contribution is 2.26. The van der Waals surface area contributed by atoms with Gasteiger partial charge in [0.15, 0.2) is 5.82 Å². The molecule has 160 valence electrons. The van der Waals surface area contributed by atoms with E-state index in [0.717, 1.165) is 41.8 Å². The van der Waals surface area contributed by atoms with Crippen molar-refractivity contribution in [3.05, 3.63) is 84.7 Å². The topological polar surface area (TPSA) is 71.0 Å². The fourth-order valence-electron chi connectivity index (χ4n) is 4.19. The van der Waals surface area contributed by atoms with Gasteiger partial charge < -0.3 is 10.2 Å². The highest BCUT2D eigenvalue weighted by atomic mass is 16.2. The Kier molecular flexibility index (Phi) is 5.75. The molecule has 5 rings (SSSR count). The summed E-state index contributed by atoms with van der Waals surface area (Å²) in [4.78, 5) is 28.2. The van der Waals surface area contributed by atoms with Crippen molar-refractivity contribution < 1.29 is 4.79 Å². The summed E-state index contributed by atoms with van der Waals surface area (Å²) in [5, 5.41) is 4.48. The Balaban J connectivity index is 1.28. The molecule has 2 aromatic heterocycles. The first-order valence-corrected chi connectivity index (χ1v) is 11.0. The molecule has 0 spiro atoms. The van der Waals surface area contributed by atoms with Crippen LogP contribution in [0.5, 0.6) is 0 Å². The Morgan fingerprint density at radius 1 is 0.969 bits per heavy atom. The summed E-state index contributed by atoms with van der Waals surface area (Å²) in [7, 11) is 0. The number of hydrogen-bond donors (Lipinski definition) is 1. The smallest absolute Gasteiger partial charge is 0.223 e. The van der Waals surface area contributed by atoms with E-state index in [-0.39, 0.29) is 11.8 Å². The van der Waals surface area contributed by atoms with Gasteiger partial charge in [0.05, 0.1) is 5.52 Å². The van der Waals surface area contributed by atoms with E-state index in [1.807, 2.05) is 59.5 Å². The van der Waals surface area contributed by atoms with Crippen LogP contribution in [0.1, 0.15) is 12.0 Å². The molecule has 6 nitrogen and oxygen atoms in total. The third-order valence-corrected chi connectivity index (χ3v) is 5.89. The van der Waals surface area contributed by atoms with Gasteiger partial charge in [-0.3, -0.25) is 9.78 Å². The maximum absolute atomic E-state index is 12.5. The number of nitrogens with one attached hydrogen (secondary N) is 1. The number of pyridine rings is 1. The maximum Gasteiger partial charge on any atom is 0.223 e. The van der Waals surface area contributed by atoms with Crippen molar-refractivity contribution in [2.45, 2.75) is 12.8 Å². The Morgan fingerprint density at radius 3 is 2.66 bits per heavy atom. The van der Waals surface area contributed by atoms with E-state index in [9.17, 15) is 4.79 Å². The fourth-order valence-corrected chi connectivity index (χ4v) is 4.19. The molecule has 0 radical (unpaired) electrons. The SMILES string of the molecule is O=C1CC(CNc2nc(-c3cccnc3)nc3ccccc23)CN1CCc1ccccc1. The van der Waals surface area contributed by atoms with Crippen LogP contribution in [0.3, 0.4) is 0 Å². The number of amides is 1. The minimum atomic E-state index is 0.233. The third-order valence-electron chi connectivity index (χ3n) is 5.89. The van der Waals surface area contributed by atoms with Crippen molar-refractivity contribution in [1.82, 2.24) is 19.9 Å². The van der Waals surface area contributed by atoms with Crippen LogP contribution < -0.4 is 5.32 Å². The molecule has 1 unspecified atom stereocenters. The lowest BCUT2D eigenvalue weighted by Gasteiger charge is -2.17. The predicted octanol–water partition coefficient (Wildman–Crippen LogP) is 4.19. The Labute approximate surface area is 187 Å². The second-order valence-electron chi connectivity index (χ2n) is 8.18. The van der Waals surface area contributed by atoms with Crippen molar-refractivity contribution in [1.29, 1.82) is 0 Å². The number of para-hydroxylation sites is 1. The average molecular weight is 424 g/mol. The van der Waals surface area contributed by atoms with Crippen LogP contribution in [0.4, 0.5) is 5.82 Å². The molecule has 2 aromatic carbocycles. The number of carbonyl (C=O) groups excluding carboxylic acids is 1. The molecular weight excluding hydrogens is 398 g/mol. The number of benzene rings is 2. The van der Waals surface area contributed by atoms with E-state index in [1.165, 1.54) is 5.56 Å². The van der Waals surface area contributed by atoms with E-state index in [1.54, 1.807) is 12.4 Å². The molecule has 3 heterocycles. The van der Waals surface area contributed by atoms with Crippen LogP contribution in [0.25, 0.3) is 22.3 Å². The zero-order valence-corrected chi connectivity index (χ0v) is 17.8. The molecule has 1 saturated heterocycles. The minimum absolute atomic E-state index is 0.233. The lowest BCUT2D eigenvalue weighted by Crippen LogP contribution is -2.28. The lowest BCUT2D eigenvalue weighted by atomic mass is 10.1. The number of hydrogen-bond acceptors (Lipinski definition) is 5. The molecule has 1 fully saturated rings. The predicted molar refractivity (Wildman–Crippen MR) is 126 cm³/mol. The van der Waals surface area contributed by atoms with Gasteiger partial charge in [0.2, 0.25) is 5.91 Å². The van der Waals surface area contributed by atoms with Crippen LogP contribution in [0.2, 0.25) is 0 Å². The molecule has 1 aliphatic heterocycles. The maximum atomic E-state index is 12.5. The molecule has 1 atom stereocenters. The first-order chi connectivity index (χ1) is 15.8. The highest BCUT2D eigenvalue weighted by molar-refractivity contribution is 5.90. The second-order valence-corrected chi connectivity index (χ2v) is 8.18. The van der Waals surface area contributed by atoms with Gasteiger partial charge in [0.1, 0.15) is 5.82 Å². The van der Waals surface area contributed by atoms with Gasteiger partial charge in [0.25, 0.3) is 0 Å². The number of rotatable bonds is 7. The third kappa shape index (κ3) is 4.44. The zero-order chi connectivity index (χ0) is 21.8. The van der Waals surface area contributed by atoms with Gasteiger partial charge in [-0.05, 0) is 36.2 Å². The summed E-state index contributed by atoms with van der Waals surface area (Å²) >= 11 is 0. The summed E-state index contributed by atoms with van der Waals surface area (Å²) < 4.78 is 0. The molecule has 32 heavy (non-hydrogen) atoms. The number of likely N-dealkylation sites (tertiary alicyclic amines) is 1. The number of nitrogens with zero attached hydrogens (tertiary/aromatic N) is 4. The van der Waals surface area contributed by atoms with E-state index >= 15 is 0 Å². The number of anilines is 1. The van der Waals surface area contributed by atoms with Crippen LogP contribution in [0, 0.1) is 5.92 Å². The summed E-state index contributed by atoms with van der Waals surface area (Å²) in [6, 6.07) is 22.2. The largest absolute Gasteiger partial charge is 0.369 e. The van der Waals surface area contributed by atoms with E-state index in [0.29, 0.717) is 18.8 Å². The molecule has 0 aliphatic carbocycles. The van der Waals surface area contributed by atoms with Crippen LogP contribution in [-0.2, 0) is 11.2 Å². The summed E-state index contributed by atoms with van der Waals surface area (Å²) in [5.74, 6) is 1.93. The summed E-state index contributed by atoms with van der Waals surface area (Å²) in [5.41, 5.74) is 3.03. The van der Waals surface area contributed by atoms with Gasteiger partial charge >= 0.3 is 0 Å². The highest BCUT2D eigenvalue weighted by Gasteiger charge is 2.29. The van der Waals surface area contributed by atoms with Gasteiger partial charge in [-0.25, -0.2) is 9.97 Å². The molecular formula is C26H25N5O. The Hall–Kier alpha value is -3.80. The molecule has 1 N–H and O–H groups in total. The van der Waals surface area contributed by atoms with Crippen LogP contribution >= 0.6 is 0 Å². The lowest BCUT2D eigenvalue weighted by molar-refractivity contribution is -0.127. The van der Waals surface area contributed by atoms with Gasteiger partial charge in [-0.15, -0.1) is 0 Å². The average Bonchev–Trinajstić information content (AvgIpc) is 3.21. The molecule has 6 heteroatoms. The molecule has 0 bridgehead atoms. The monoisotopic (exact) mass is 423 g/mol. The molecule has 4 aromatic rings. The van der Waals surface area contributed by atoms with Crippen molar-refractivity contribution in [3.63, 3.8) is 0 Å². The van der Waals surface area contributed by atoms with Crippen molar-refractivity contribution in [2.24, 2.45) is 5.92 Å². The molecule has 1 amide bonds. The second kappa shape index (κ2) is 9.14. The number of aromatic nitrogens is 3. The minimum Gasteiger partial charge on any atom is -0.369 e. The normalized spacial score (nSPS) is 15.9. The summed E-state index contributed by atoms with van der Waals surface area (Å²) in [6.45, 7) is 2.24. The van der Waals surface area contributed by atoms with Gasteiger partial charge in [0, 0.05) is 55.3 Å². The standard InChI is InChI=1S/C26H25N5O/c32-24-15-20(18-31(24)14-12-19-7-2-1-3-8-19)16-28-26-22-10-4-5-11-23(22)29-25(30-26)21-9-6-13-27-17-21/h1-11,13,17,20H,12,14-16,18H2,(H,28,29,30).